The van der Waals surface area contributed by atoms with Crippen molar-refractivity contribution in [2.24, 2.45) is 0 Å². The Kier molecular flexibility index (Phi) is 7.94. The molecule has 0 aliphatic heterocycles. The molecule has 2 aliphatic rings. The largest absolute Gasteiger partial charge is 0.310 e. The molecule has 0 bridgehead atoms. The lowest BCUT2D eigenvalue weighted by molar-refractivity contribution is 0.652. The summed E-state index contributed by atoms with van der Waals surface area (Å²) in [6.45, 7) is 9.65. The predicted molar refractivity (Wildman–Crippen MR) is 250 cm³/mol. The van der Waals surface area contributed by atoms with Crippen LogP contribution in [0.25, 0.3) is 66.4 Å². The topological polar surface area (TPSA) is 3.24 Å². The molecular weight excluding hydrogens is 711 g/mol. The Morgan fingerprint density at radius 3 is 1.47 bits per heavy atom. The summed E-state index contributed by atoms with van der Waals surface area (Å²) in [6, 6.07) is 74.2. The van der Waals surface area contributed by atoms with E-state index >= 15 is 0 Å². The molecule has 0 spiro atoms. The summed E-state index contributed by atoms with van der Waals surface area (Å²) in [5.74, 6) is 0. The van der Waals surface area contributed by atoms with Crippen LogP contribution in [0, 0.1) is 0 Å². The predicted octanol–water partition coefficient (Wildman–Crippen LogP) is 15.9. The molecule has 0 aromatic heterocycles. The van der Waals surface area contributed by atoms with E-state index in [2.05, 4.69) is 233 Å². The molecule has 0 fully saturated rings. The van der Waals surface area contributed by atoms with Crippen LogP contribution in [0.15, 0.2) is 200 Å². The minimum atomic E-state index is -0.253. The normalized spacial score (nSPS) is 14.0. The third kappa shape index (κ3) is 5.53. The van der Waals surface area contributed by atoms with Gasteiger partial charge in [-0.2, -0.15) is 0 Å². The lowest BCUT2D eigenvalue weighted by Gasteiger charge is -2.30. The van der Waals surface area contributed by atoms with Crippen molar-refractivity contribution in [1.29, 1.82) is 0 Å². The van der Waals surface area contributed by atoms with Gasteiger partial charge in [0.1, 0.15) is 0 Å². The molecule has 282 valence electrons. The summed E-state index contributed by atoms with van der Waals surface area (Å²) in [5.41, 5.74) is 21.3. The zero-order valence-corrected chi connectivity index (χ0v) is 34.0. The number of anilines is 3. The van der Waals surface area contributed by atoms with Crippen LogP contribution >= 0.6 is 0 Å². The molecule has 0 amide bonds. The van der Waals surface area contributed by atoms with E-state index in [0.29, 0.717) is 0 Å². The fourth-order valence-electron chi connectivity index (χ4n) is 10.1. The molecule has 9 aromatic carbocycles. The highest BCUT2D eigenvalue weighted by molar-refractivity contribution is 6.03. The standard InChI is InChI=1S/C58H45N/c1-57(2)51-25-14-13-23-48(51)49-36-53-50(37-52(49)57)56-54(58(53,3)4)34-43(47-24-15-21-42-20-11-12-22-46(42)47)35-55(56)59(44-30-26-40(27-31-44)38-16-7-5-8-17-38)45-32-28-41(29-33-45)39-18-9-6-10-19-39/h5-37H,1-4H3. The molecule has 1 heteroatoms. The Bertz CT molecular complexity index is 2970. The van der Waals surface area contributed by atoms with E-state index in [0.717, 1.165) is 11.4 Å². The van der Waals surface area contributed by atoms with Gasteiger partial charge in [-0.15, -0.1) is 0 Å². The van der Waals surface area contributed by atoms with E-state index in [-0.39, 0.29) is 10.8 Å². The van der Waals surface area contributed by atoms with Crippen LogP contribution in [0.5, 0.6) is 0 Å². The molecule has 0 unspecified atom stereocenters. The molecule has 59 heavy (non-hydrogen) atoms. The zero-order valence-electron chi connectivity index (χ0n) is 34.0. The molecule has 0 radical (unpaired) electrons. The van der Waals surface area contributed by atoms with Crippen molar-refractivity contribution in [3.05, 3.63) is 222 Å². The average Bonchev–Trinajstić information content (AvgIpc) is 3.65. The minimum absolute atomic E-state index is 0.114. The summed E-state index contributed by atoms with van der Waals surface area (Å²) in [6.07, 6.45) is 0. The van der Waals surface area contributed by atoms with Gasteiger partial charge in [-0.3, -0.25) is 0 Å². The monoisotopic (exact) mass is 755 g/mol. The average molecular weight is 756 g/mol. The quantitative estimate of drug-likeness (QED) is 0.163. The molecule has 0 saturated heterocycles. The highest BCUT2D eigenvalue weighted by Gasteiger charge is 2.43. The first kappa shape index (κ1) is 35.2. The van der Waals surface area contributed by atoms with Crippen LogP contribution in [0.2, 0.25) is 0 Å². The van der Waals surface area contributed by atoms with Gasteiger partial charge in [0.2, 0.25) is 0 Å². The number of hydrogen-bond donors (Lipinski definition) is 0. The summed E-state index contributed by atoms with van der Waals surface area (Å²) in [7, 11) is 0. The van der Waals surface area contributed by atoms with E-state index < -0.39 is 0 Å². The van der Waals surface area contributed by atoms with Gasteiger partial charge in [-0.05, 0) is 132 Å². The number of fused-ring (bicyclic) bond motifs is 7. The first-order valence-electron chi connectivity index (χ1n) is 20.8. The zero-order chi connectivity index (χ0) is 39.9. The highest BCUT2D eigenvalue weighted by Crippen LogP contribution is 2.59. The van der Waals surface area contributed by atoms with Crippen molar-refractivity contribution in [2.45, 2.75) is 38.5 Å². The molecule has 1 nitrogen and oxygen atoms in total. The molecule has 11 rings (SSSR count). The molecule has 2 aliphatic carbocycles. The Morgan fingerprint density at radius 1 is 0.322 bits per heavy atom. The summed E-state index contributed by atoms with van der Waals surface area (Å²) >= 11 is 0. The van der Waals surface area contributed by atoms with E-state index in [4.69, 9.17) is 0 Å². The maximum absolute atomic E-state index is 2.55. The van der Waals surface area contributed by atoms with Gasteiger partial charge in [0, 0.05) is 27.8 Å². The van der Waals surface area contributed by atoms with Crippen LogP contribution in [0.1, 0.15) is 49.9 Å². The Hall–Kier alpha value is -6.96. The summed E-state index contributed by atoms with van der Waals surface area (Å²) < 4.78 is 0. The molecule has 0 saturated carbocycles. The Morgan fingerprint density at radius 2 is 0.814 bits per heavy atom. The molecule has 0 heterocycles. The lowest BCUT2D eigenvalue weighted by atomic mass is 9.79. The SMILES string of the molecule is CC1(C)c2ccccc2-c2cc3c(cc21)-c1c(N(c2ccc(-c4ccccc4)cc2)c2ccc(-c4ccccc4)cc2)cc(-c2cccc4ccccc24)cc1C3(C)C. The Labute approximate surface area is 347 Å². The molecule has 0 N–H and O–H groups in total. The molecule has 0 atom stereocenters. The Balaban J connectivity index is 1.20. The second-order valence-electron chi connectivity index (χ2n) is 17.3. The van der Waals surface area contributed by atoms with Gasteiger partial charge in [-0.25, -0.2) is 0 Å². The number of nitrogens with zero attached hydrogens (tertiary/aromatic N) is 1. The van der Waals surface area contributed by atoms with E-state index in [1.54, 1.807) is 0 Å². The van der Waals surface area contributed by atoms with Crippen LogP contribution < -0.4 is 4.90 Å². The number of benzene rings is 9. The smallest absolute Gasteiger partial charge is 0.0549 e. The minimum Gasteiger partial charge on any atom is -0.310 e. The fourth-order valence-corrected chi connectivity index (χ4v) is 10.1. The third-order valence-electron chi connectivity index (χ3n) is 13.3. The van der Waals surface area contributed by atoms with Crippen molar-refractivity contribution in [3.8, 4) is 55.6 Å². The van der Waals surface area contributed by atoms with Gasteiger partial charge >= 0.3 is 0 Å². The molecular formula is C58H45N. The maximum atomic E-state index is 2.55. The summed E-state index contributed by atoms with van der Waals surface area (Å²) in [4.78, 5) is 2.51. The van der Waals surface area contributed by atoms with Crippen LogP contribution in [-0.4, -0.2) is 0 Å². The fraction of sp³-hybridized carbons (Fsp3) is 0.103. The van der Waals surface area contributed by atoms with Crippen LogP contribution in [-0.2, 0) is 10.8 Å². The van der Waals surface area contributed by atoms with Crippen molar-refractivity contribution in [2.75, 3.05) is 4.90 Å². The van der Waals surface area contributed by atoms with E-state index in [9.17, 15) is 0 Å². The van der Waals surface area contributed by atoms with E-state index in [1.165, 1.54) is 94.3 Å². The van der Waals surface area contributed by atoms with Crippen molar-refractivity contribution < 1.29 is 0 Å². The highest BCUT2D eigenvalue weighted by atomic mass is 15.1. The lowest BCUT2D eigenvalue weighted by Crippen LogP contribution is -2.17. The second-order valence-corrected chi connectivity index (χ2v) is 17.3. The first-order valence-corrected chi connectivity index (χ1v) is 20.8. The molecule has 9 aromatic rings. The maximum Gasteiger partial charge on any atom is 0.0549 e. The van der Waals surface area contributed by atoms with Gasteiger partial charge in [0.15, 0.2) is 0 Å². The van der Waals surface area contributed by atoms with Crippen LogP contribution in [0.4, 0.5) is 17.1 Å². The van der Waals surface area contributed by atoms with Gasteiger partial charge in [-0.1, -0.05) is 179 Å². The van der Waals surface area contributed by atoms with Crippen LogP contribution in [0.3, 0.4) is 0 Å². The van der Waals surface area contributed by atoms with E-state index in [1.807, 2.05) is 0 Å². The summed E-state index contributed by atoms with van der Waals surface area (Å²) in [5, 5.41) is 2.51. The van der Waals surface area contributed by atoms with Gasteiger partial charge in [0.25, 0.3) is 0 Å². The van der Waals surface area contributed by atoms with Crippen molar-refractivity contribution >= 4 is 27.8 Å². The van der Waals surface area contributed by atoms with Gasteiger partial charge < -0.3 is 4.90 Å². The number of hydrogen-bond acceptors (Lipinski definition) is 1. The third-order valence-corrected chi connectivity index (χ3v) is 13.3. The first-order chi connectivity index (χ1) is 28.8. The van der Waals surface area contributed by atoms with Crippen molar-refractivity contribution in [1.82, 2.24) is 0 Å². The number of rotatable bonds is 6. The van der Waals surface area contributed by atoms with Gasteiger partial charge in [0.05, 0.1) is 5.69 Å². The second kappa shape index (κ2) is 13.3. The van der Waals surface area contributed by atoms with Crippen molar-refractivity contribution in [3.63, 3.8) is 0 Å².